The minimum absolute atomic E-state index is 0.0663. The van der Waals surface area contributed by atoms with Crippen molar-refractivity contribution in [1.29, 1.82) is 0 Å². The van der Waals surface area contributed by atoms with Crippen LogP contribution in [-0.2, 0) is 28.9 Å². The summed E-state index contributed by atoms with van der Waals surface area (Å²) >= 11 is 0. The summed E-state index contributed by atoms with van der Waals surface area (Å²) in [5.74, 6) is 3.13. The maximum atomic E-state index is 13.0. The summed E-state index contributed by atoms with van der Waals surface area (Å²) in [5.41, 5.74) is 3.25. The van der Waals surface area contributed by atoms with Crippen LogP contribution in [0, 0.1) is 0 Å². The predicted molar refractivity (Wildman–Crippen MR) is 220 cm³/mol. The Hall–Kier alpha value is -5.04. The Bertz CT molecular complexity index is 2680. The first-order chi connectivity index (χ1) is 26.7. The van der Waals surface area contributed by atoms with Crippen molar-refractivity contribution in [2.75, 3.05) is 67.7 Å². The van der Waals surface area contributed by atoms with Gasteiger partial charge in [-0.15, -0.1) is 0 Å². The van der Waals surface area contributed by atoms with Crippen molar-refractivity contribution in [1.82, 2.24) is 39.0 Å². The van der Waals surface area contributed by atoms with Crippen LogP contribution in [0.4, 0.5) is 23.3 Å². The number of morpholine rings is 2. The van der Waals surface area contributed by atoms with Crippen LogP contribution in [0.5, 0.6) is 0 Å². The average Bonchev–Trinajstić information content (AvgIpc) is 3.76. The number of anilines is 2. The summed E-state index contributed by atoms with van der Waals surface area (Å²) in [7, 11) is -5.07. The largest absolute Gasteiger partial charge is 0.377 e. The number of imidazole rings is 2. The van der Waals surface area contributed by atoms with Crippen LogP contribution in [0.25, 0.3) is 34.0 Å². The zero-order chi connectivity index (χ0) is 39.4. The predicted octanol–water partition coefficient (Wildman–Crippen LogP) is 5.29. The van der Waals surface area contributed by atoms with Gasteiger partial charge in [0, 0.05) is 75.6 Å². The molecule has 2 saturated heterocycles. The van der Waals surface area contributed by atoms with Crippen LogP contribution in [0.2, 0.25) is 0 Å². The molecule has 0 radical (unpaired) electrons. The molecule has 8 rings (SSSR count). The Morgan fingerprint density at radius 3 is 2.05 bits per heavy atom. The molecule has 2 aromatic carbocycles. The van der Waals surface area contributed by atoms with E-state index in [1.165, 1.54) is 0 Å². The van der Waals surface area contributed by atoms with Crippen molar-refractivity contribution in [2.45, 2.75) is 44.9 Å². The summed E-state index contributed by atoms with van der Waals surface area (Å²) in [4.78, 5) is 33.8. The SMILES string of the molecule is CC(c1nc2ccccc2n1-c1nc(N=S(C)(C)=O)cc(N2CCOC[C@H]2C)n1)C1OCCN(c2cc(N=S(C)(C)=O)nc(-n3cnc4ccccc43)n2)[C@@H]1C. The lowest BCUT2D eigenvalue weighted by atomic mass is 9.95. The number of aromatic nitrogens is 8. The second-order valence-corrected chi connectivity index (χ2v) is 20.0. The van der Waals surface area contributed by atoms with Crippen LogP contribution in [0.15, 0.2) is 75.7 Å². The number of benzene rings is 2. The van der Waals surface area contributed by atoms with E-state index >= 15 is 0 Å². The summed E-state index contributed by atoms with van der Waals surface area (Å²) in [6.07, 6.45) is 7.70. The first-order valence-corrected chi connectivity index (χ1v) is 23.1. The molecular weight excluding hydrogens is 753 g/mol. The molecule has 0 saturated carbocycles. The topological polar surface area (TPSA) is 171 Å². The third-order valence-electron chi connectivity index (χ3n) is 9.92. The normalized spacial score (nSPS) is 20.1. The van der Waals surface area contributed by atoms with Gasteiger partial charge in [-0.3, -0.25) is 9.13 Å². The van der Waals surface area contributed by atoms with Crippen molar-refractivity contribution < 1.29 is 17.9 Å². The van der Waals surface area contributed by atoms with Gasteiger partial charge in [-0.2, -0.15) is 28.7 Å². The molecule has 0 spiro atoms. The summed E-state index contributed by atoms with van der Waals surface area (Å²) in [6.45, 7) is 9.04. The molecule has 294 valence electrons. The van der Waals surface area contributed by atoms with E-state index in [4.69, 9.17) is 34.4 Å². The molecule has 6 heterocycles. The van der Waals surface area contributed by atoms with Gasteiger partial charge >= 0.3 is 0 Å². The highest BCUT2D eigenvalue weighted by atomic mass is 32.2. The molecule has 4 aromatic heterocycles. The van der Waals surface area contributed by atoms with Gasteiger partial charge in [0.05, 0.1) is 60.1 Å². The summed E-state index contributed by atoms with van der Waals surface area (Å²) in [6, 6.07) is 19.1. The number of hydrogen-bond donors (Lipinski definition) is 0. The van der Waals surface area contributed by atoms with Gasteiger partial charge in [-0.25, -0.2) is 18.4 Å². The van der Waals surface area contributed by atoms with Crippen LogP contribution < -0.4 is 9.80 Å². The average molecular weight is 799 g/mol. The van der Waals surface area contributed by atoms with Crippen molar-refractivity contribution in [3.05, 3.63) is 72.8 Å². The van der Waals surface area contributed by atoms with Gasteiger partial charge in [-0.1, -0.05) is 31.2 Å². The Morgan fingerprint density at radius 1 is 0.750 bits per heavy atom. The van der Waals surface area contributed by atoms with Crippen LogP contribution >= 0.6 is 0 Å². The van der Waals surface area contributed by atoms with E-state index in [0.29, 0.717) is 73.9 Å². The molecule has 0 amide bonds. The molecule has 16 nitrogen and oxygen atoms in total. The quantitative estimate of drug-likeness (QED) is 0.195. The molecule has 18 heteroatoms. The first-order valence-electron chi connectivity index (χ1n) is 18.5. The molecule has 2 aliphatic heterocycles. The highest BCUT2D eigenvalue weighted by molar-refractivity contribution is 7.92. The highest BCUT2D eigenvalue weighted by Crippen LogP contribution is 2.35. The smallest absolute Gasteiger partial charge is 0.239 e. The number of nitrogens with zero attached hydrogens (tertiary/aromatic N) is 12. The lowest BCUT2D eigenvalue weighted by Gasteiger charge is -2.42. The molecule has 2 unspecified atom stereocenters. The van der Waals surface area contributed by atoms with Crippen molar-refractivity contribution >= 4 is 64.8 Å². The second kappa shape index (κ2) is 14.8. The molecule has 56 heavy (non-hydrogen) atoms. The molecule has 2 fully saturated rings. The third kappa shape index (κ3) is 7.70. The van der Waals surface area contributed by atoms with Gasteiger partial charge in [0.15, 0.2) is 11.6 Å². The Morgan fingerprint density at radius 2 is 1.36 bits per heavy atom. The molecule has 0 N–H and O–H groups in total. The van der Waals surface area contributed by atoms with Crippen molar-refractivity contribution in [3.63, 3.8) is 0 Å². The number of hydrogen-bond acceptors (Lipinski definition) is 14. The number of para-hydroxylation sites is 4. The zero-order valence-corrected chi connectivity index (χ0v) is 34.1. The van der Waals surface area contributed by atoms with Crippen molar-refractivity contribution in [2.24, 2.45) is 8.73 Å². The molecule has 0 aliphatic carbocycles. The van der Waals surface area contributed by atoms with E-state index in [0.717, 1.165) is 22.1 Å². The zero-order valence-electron chi connectivity index (χ0n) is 32.5. The minimum atomic E-state index is -2.54. The number of rotatable bonds is 8. The first kappa shape index (κ1) is 37.9. The Labute approximate surface area is 326 Å². The fraction of sp³-hybridized carbons (Fsp3) is 0.421. The maximum Gasteiger partial charge on any atom is 0.239 e. The molecule has 0 bridgehead atoms. The van der Waals surface area contributed by atoms with Crippen LogP contribution in [-0.4, -0.2) is 124 Å². The summed E-state index contributed by atoms with van der Waals surface area (Å²) in [5, 5.41) is 0. The lowest BCUT2D eigenvalue weighted by molar-refractivity contribution is -0.000337. The fourth-order valence-corrected chi connectivity index (χ4v) is 8.54. The van der Waals surface area contributed by atoms with Gasteiger partial charge in [0.2, 0.25) is 11.9 Å². The van der Waals surface area contributed by atoms with Gasteiger partial charge in [0.1, 0.15) is 23.8 Å². The van der Waals surface area contributed by atoms with Crippen molar-refractivity contribution in [3.8, 4) is 11.9 Å². The molecular formula is C38H46N12O4S2. The minimum Gasteiger partial charge on any atom is -0.377 e. The van der Waals surface area contributed by atoms with E-state index in [1.807, 2.05) is 57.7 Å². The van der Waals surface area contributed by atoms with Gasteiger partial charge in [0.25, 0.3) is 0 Å². The van der Waals surface area contributed by atoms with E-state index in [9.17, 15) is 8.42 Å². The standard InChI is InChI=1S/C38H46N12O4S2/c1-24-22-53-18-16-47(24)33-20-32(46-56(6,7)52)42-38(44-33)50-30-15-11-9-13-28(30)40-36(50)25(2)35-26(3)48(17-19-54-35)34-21-31(45-55(4,5)51)41-37(43-34)49-23-39-27-12-8-10-14-29(27)49/h8-15,20-21,23-26,35H,16-19,22H2,1-7H3/t24-,25?,26-,35?/m1/s1. The second-order valence-electron chi connectivity index (χ2n) is 14.9. The van der Waals surface area contributed by atoms with E-state index in [1.54, 1.807) is 43.5 Å². The molecule has 4 atom stereocenters. The van der Waals surface area contributed by atoms with Crippen LogP contribution in [0.1, 0.15) is 32.5 Å². The van der Waals surface area contributed by atoms with Crippen LogP contribution in [0.3, 0.4) is 0 Å². The van der Waals surface area contributed by atoms with Gasteiger partial charge < -0.3 is 19.3 Å². The Balaban J connectivity index is 1.22. The molecule has 2 aliphatic rings. The maximum absolute atomic E-state index is 13.0. The van der Waals surface area contributed by atoms with E-state index in [-0.39, 0.29) is 24.1 Å². The fourth-order valence-electron chi connectivity index (χ4n) is 7.45. The summed E-state index contributed by atoms with van der Waals surface area (Å²) < 4.78 is 51.0. The third-order valence-corrected chi connectivity index (χ3v) is 11.2. The Kier molecular flexibility index (Phi) is 10.0. The van der Waals surface area contributed by atoms with Gasteiger partial charge in [-0.05, 0) is 38.1 Å². The number of fused-ring (bicyclic) bond motifs is 2. The lowest BCUT2D eigenvalue weighted by Crippen LogP contribution is -2.52. The monoisotopic (exact) mass is 798 g/mol. The molecule has 6 aromatic rings. The van der Waals surface area contributed by atoms with E-state index < -0.39 is 19.5 Å². The van der Waals surface area contributed by atoms with E-state index in [2.05, 4.69) is 44.3 Å². The highest BCUT2D eigenvalue weighted by Gasteiger charge is 2.37. The number of ether oxygens (including phenoxy) is 2.